The SMILES string of the molecule is COc1cc(C(=O)O)ccc1CC(F)(F)F. The number of methoxy groups -OCH3 is 1. The lowest BCUT2D eigenvalue weighted by Gasteiger charge is -2.11. The second-order valence-corrected chi connectivity index (χ2v) is 3.12. The van der Waals surface area contributed by atoms with E-state index in [0.29, 0.717) is 0 Å². The second-order valence-electron chi connectivity index (χ2n) is 3.12. The number of hydrogen-bond acceptors (Lipinski definition) is 2. The van der Waals surface area contributed by atoms with Crippen molar-refractivity contribution in [1.29, 1.82) is 0 Å². The van der Waals surface area contributed by atoms with E-state index >= 15 is 0 Å². The lowest BCUT2D eigenvalue weighted by Crippen LogP contribution is -2.12. The molecule has 0 fully saturated rings. The van der Waals surface area contributed by atoms with Crippen molar-refractivity contribution in [3.05, 3.63) is 29.3 Å². The van der Waals surface area contributed by atoms with Crippen molar-refractivity contribution in [1.82, 2.24) is 0 Å². The van der Waals surface area contributed by atoms with Crippen LogP contribution in [-0.2, 0) is 6.42 Å². The minimum atomic E-state index is -4.35. The Balaban J connectivity index is 3.07. The largest absolute Gasteiger partial charge is 0.496 e. The molecular weight excluding hydrogens is 225 g/mol. The molecule has 0 aliphatic rings. The maximum absolute atomic E-state index is 12.1. The molecule has 1 N–H and O–H groups in total. The van der Waals surface area contributed by atoms with E-state index < -0.39 is 18.6 Å². The molecule has 0 bridgehead atoms. The fourth-order valence-electron chi connectivity index (χ4n) is 1.24. The zero-order valence-corrected chi connectivity index (χ0v) is 8.34. The molecule has 0 radical (unpaired) electrons. The van der Waals surface area contributed by atoms with E-state index in [-0.39, 0.29) is 16.9 Å². The number of carboxylic acid groups (broad SMARTS) is 1. The van der Waals surface area contributed by atoms with Crippen LogP contribution in [0.15, 0.2) is 18.2 Å². The normalized spacial score (nSPS) is 11.2. The van der Waals surface area contributed by atoms with Crippen molar-refractivity contribution >= 4 is 5.97 Å². The van der Waals surface area contributed by atoms with Gasteiger partial charge in [-0.25, -0.2) is 4.79 Å². The van der Waals surface area contributed by atoms with Gasteiger partial charge in [0.15, 0.2) is 0 Å². The van der Waals surface area contributed by atoms with Crippen LogP contribution in [-0.4, -0.2) is 24.4 Å². The molecule has 0 saturated heterocycles. The minimum Gasteiger partial charge on any atom is -0.496 e. The van der Waals surface area contributed by atoms with Gasteiger partial charge in [0.2, 0.25) is 0 Å². The van der Waals surface area contributed by atoms with Crippen LogP contribution in [0, 0.1) is 0 Å². The third-order valence-electron chi connectivity index (χ3n) is 1.92. The second kappa shape index (κ2) is 4.42. The number of carbonyl (C=O) groups is 1. The van der Waals surface area contributed by atoms with Gasteiger partial charge < -0.3 is 9.84 Å². The molecule has 0 aliphatic heterocycles. The van der Waals surface area contributed by atoms with E-state index in [1.807, 2.05) is 0 Å². The topological polar surface area (TPSA) is 46.5 Å². The number of carboxylic acids is 1. The smallest absolute Gasteiger partial charge is 0.393 e. The average Bonchev–Trinajstić information content (AvgIpc) is 2.15. The maximum atomic E-state index is 12.1. The Morgan fingerprint density at radius 1 is 1.44 bits per heavy atom. The average molecular weight is 234 g/mol. The van der Waals surface area contributed by atoms with Gasteiger partial charge in [0.25, 0.3) is 0 Å². The zero-order chi connectivity index (χ0) is 12.3. The summed E-state index contributed by atoms with van der Waals surface area (Å²) in [5.41, 5.74) is -0.192. The summed E-state index contributed by atoms with van der Waals surface area (Å²) in [5, 5.41) is 8.65. The first kappa shape index (κ1) is 12.4. The Hall–Kier alpha value is -1.72. The molecule has 1 rings (SSSR count). The maximum Gasteiger partial charge on any atom is 0.393 e. The van der Waals surface area contributed by atoms with Gasteiger partial charge in [-0.3, -0.25) is 0 Å². The summed E-state index contributed by atoms with van der Waals surface area (Å²) in [6.45, 7) is 0. The van der Waals surface area contributed by atoms with Crippen molar-refractivity contribution in [3.63, 3.8) is 0 Å². The van der Waals surface area contributed by atoms with E-state index in [9.17, 15) is 18.0 Å². The van der Waals surface area contributed by atoms with Crippen molar-refractivity contribution in [2.75, 3.05) is 7.11 Å². The third-order valence-corrected chi connectivity index (χ3v) is 1.92. The molecule has 0 unspecified atom stereocenters. The van der Waals surface area contributed by atoms with Crippen LogP contribution in [0.4, 0.5) is 13.2 Å². The highest BCUT2D eigenvalue weighted by Crippen LogP contribution is 2.28. The third kappa shape index (κ3) is 3.15. The summed E-state index contributed by atoms with van der Waals surface area (Å²) in [6.07, 6.45) is -5.49. The van der Waals surface area contributed by atoms with Gasteiger partial charge in [-0.15, -0.1) is 0 Å². The Kier molecular flexibility index (Phi) is 3.41. The number of halogens is 3. The summed E-state index contributed by atoms with van der Waals surface area (Å²) in [4.78, 5) is 10.6. The number of ether oxygens (including phenoxy) is 1. The van der Waals surface area contributed by atoms with E-state index in [1.54, 1.807) is 0 Å². The number of aromatic carboxylic acids is 1. The van der Waals surface area contributed by atoms with Crippen molar-refractivity contribution in [2.45, 2.75) is 12.6 Å². The molecular formula is C10H9F3O3. The molecule has 0 atom stereocenters. The highest BCUT2D eigenvalue weighted by Gasteiger charge is 2.29. The number of hydrogen-bond donors (Lipinski definition) is 1. The van der Waals surface area contributed by atoms with Crippen LogP contribution >= 0.6 is 0 Å². The monoisotopic (exact) mass is 234 g/mol. The molecule has 88 valence electrons. The molecule has 1 aromatic carbocycles. The number of rotatable bonds is 3. The van der Waals surface area contributed by atoms with Crippen LogP contribution in [0.3, 0.4) is 0 Å². The standard InChI is InChI=1S/C10H9F3O3/c1-16-8-4-6(9(14)15)2-3-7(8)5-10(11,12)13/h2-4H,5H2,1H3,(H,14,15). The zero-order valence-electron chi connectivity index (χ0n) is 8.34. The van der Waals surface area contributed by atoms with Gasteiger partial charge in [-0.1, -0.05) is 6.07 Å². The van der Waals surface area contributed by atoms with Crippen molar-refractivity contribution in [2.24, 2.45) is 0 Å². The Bertz CT molecular complexity index is 399. The summed E-state index contributed by atoms with van der Waals surface area (Å²) >= 11 is 0. The lowest BCUT2D eigenvalue weighted by molar-refractivity contribution is -0.127. The molecule has 3 nitrogen and oxygen atoms in total. The van der Waals surface area contributed by atoms with Crippen LogP contribution in [0.25, 0.3) is 0 Å². The summed E-state index contributed by atoms with van der Waals surface area (Å²) < 4.78 is 41.2. The minimum absolute atomic E-state index is 0.0720. The first-order valence-corrected chi connectivity index (χ1v) is 4.30. The molecule has 1 aromatic rings. The highest BCUT2D eigenvalue weighted by atomic mass is 19.4. The van der Waals surface area contributed by atoms with Gasteiger partial charge in [0, 0.05) is 5.56 Å². The van der Waals surface area contributed by atoms with Crippen LogP contribution < -0.4 is 4.74 Å². The van der Waals surface area contributed by atoms with Crippen LogP contribution in [0.1, 0.15) is 15.9 Å². The Morgan fingerprint density at radius 2 is 2.06 bits per heavy atom. The Morgan fingerprint density at radius 3 is 2.50 bits per heavy atom. The van der Waals surface area contributed by atoms with Gasteiger partial charge >= 0.3 is 12.1 Å². The number of alkyl halides is 3. The molecule has 0 saturated carbocycles. The van der Waals surface area contributed by atoms with E-state index in [1.165, 1.54) is 7.11 Å². The van der Waals surface area contributed by atoms with Crippen LogP contribution in [0.5, 0.6) is 5.75 Å². The first-order valence-electron chi connectivity index (χ1n) is 4.30. The van der Waals surface area contributed by atoms with E-state index in [4.69, 9.17) is 9.84 Å². The molecule has 0 heterocycles. The summed E-state index contributed by atoms with van der Waals surface area (Å²) in [7, 11) is 1.20. The molecule has 16 heavy (non-hydrogen) atoms. The van der Waals surface area contributed by atoms with Gasteiger partial charge in [-0.2, -0.15) is 13.2 Å². The van der Waals surface area contributed by atoms with Crippen molar-refractivity contribution < 1.29 is 27.8 Å². The van der Waals surface area contributed by atoms with Gasteiger partial charge in [0.05, 0.1) is 19.1 Å². The Labute approximate surface area is 89.5 Å². The highest BCUT2D eigenvalue weighted by molar-refractivity contribution is 5.88. The van der Waals surface area contributed by atoms with Gasteiger partial charge in [0.1, 0.15) is 5.75 Å². The number of benzene rings is 1. The van der Waals surface area contributed by atoms with Gasteiger partial charge in [-0.05, 0) is 12.1 Å². The van der Waals surface area contributed by atoms with E-state index in [2.05, 4.69) is 0 Å². The van der Waals surface area contributed by atoms with Crippen LogP contribution in [0.2, 0.25) is 0 Å². The first-order chi connectivity index (χ1) is 7.33. The summed E-state index contributed by atoms with van der Waals surface area (Å²) in [6, 6.07) is 3.30. The molecule has 0 amide bonds. The quantitative estimate of drug-likeness (QED) is 0.873. The molecule has 6 heteroatoms. The van der Waals surface area contributed by atoms with E-state index in [0.717, 1.165) is 18.2 Å². The van der Waals surface area contributed by atoms with Crippen molar-refractivity contribution in [3.8, 4) is 5.75 Å². The predicted octanol–water partition coefficient (Wildman–Crippen LogP) is 2.50. The fraction of sp³-hybridized carbons (Fsp3) is 0.300. The predicted molar refractivity (Wildman–Crippen MR) is 49.7 cm³/mol. The fourth-order valence-corrected chi connectivity index (χ4v) is 1.24. The lowest BCUT2D eigenvalue weighted by atomic mass is 10.1. The molecule has 0 aliphatic carbocycles. The molecule has 0 spiro atoms. The molecule has 0 aromatic heterocycles. The summed E-state index contributed by atoms with van der Waals surface area (Å²) in [5.74, 6) is -1.28.